The summed E-state index contributed by atoms with van der Waals surface area (Å²) >= 11 is 5.74. The molecule has 3 nitrogen and oxygen atoms in total. The van der Waals surface area contributed by atoms with E-state index in [9.17, 15) is 4.79 Å². The summed E-state index contributed by atoms with van der Waals surface area (Å²) in [6.45, 7) is 0.245. The highest BCUT2D eigenvalue weighted by molar-refractivity contribution is 6.30. The fourth-order valence-electron chi connectivity index (χ4n) is 1.20. The Balaban J connectivity index is 2.61. The minimum atomic E-state index is -0.0880. The first-order valence-electron chi connectivity index (χ1n) is 4.49. The molecule has 0 atom stereocenters. The van der Waals surface area contributed by atoms with Crippen molar-refractivity contribution in [2.75, 3.05) is 18.5 Å². The van der Waals surface area contributed by atoms with E-state index >= 15 is 0 Å². The Hall–Kier alpha value is -1.53. The van der Waals surface area contributed by atoms with Crippen LogP contribution >= 0.6 is 11.6 Å². The molecule has 0 unspecified atom stereocenters. The van der Waals surface area contributed by atoms with Crippen LogP contribution in [0.3, 0.4) is 0 Å². The van der Waals surface area contributed by atoms with E-state index in [1.807, 2.05) is 18.2 Å². The third-order valence-electron chi connectivity index (χ3n) is 1.96. The van der Waals surface area contributed by atoms with Crippen molar-refractivity contribution in [3.8, 4) is 6.07 Å². The molecule has 0 aromatic heterocycles. The van der Waals surface area contributed by atoms with Gasteiger partial charge in [0.25, 0.3) is 0 Å². The van der Waals surface area contributed by atoms with Gasteiger partial charge in [-0.05, 0) is 24.3 Å². The van der Waals surface area contributed by atoms with Gasteiger partial charge in [-0.15, -0.1) is 0 Å². The first-order valence-corrected chi connectivity index (χ1v) is 4.86. The summed E-state index contributed by atoms with van der Waals surface area (Å²) in [4.78, 5) is 13.0. The van der Waals surface area contributed by atoms with Gasteiger partial charge in [-0.1, -0.05) is 11.6 Å². The third kappa shape index (κ3) is 3.61. The number of nitrogens with zero attached hydrogens (tertiary/aromatic N) is 2. The molecule has 4 heteroatoms. The fourth-order valence-corrected chi connectivity index (χ4v) is 1.32. The van der Waals surface area contributed by atoms with Gasteiger partial charge >= 0.3 is 0 Å². The van der Waals surface area contributed by atoms with Gasteiger partial charge < -0.3 is 4.90 Å². The largest absolute Gasteiger partial charge is 0.367 e. The molecular formula is C11H11ClN2O. The Bertz CT molecular complexity index is 381. The number of Topliss-reactive ketones (excluding diaryl/α,β-unsaturated/α-hetero) is 1. The molecule has 1 aromatic rings. The maximum Gasteiger partial charge on any atom is 0.166 e. The number of carbonyl (C=O) groups excluding carboxylic acids is 1. The van der Waals surface area contributed by atoms with E-state index in [0.29, 0.717) is 5.02 Å². The van der Waals surface area contributed by atoms with E-state index in [1.54, 1.807) is 24.1 Å². The molecule has 0 aliphatic rings. The Morgan fingerprint density at radius 2 is 2.07 bits per heavy atom. The van der Waals surface area contributed by atoms with Gasteiger partial charge in [0.1, 0.15) is 0 Å². The van der Waals surface area contributed by atoms with Gasteiger partial charge in [-0.2, -0.15) is 5.26 Å². The summed E-state index contributed by atoms with van der Waals surface area (Å²) in [5.74, 6) is -0.0880. The molecule has 0 aliphatic heterocycles. The smallest absolute Gasteiger partial charge is 0.166 e. The zero-order valence-electron chi connectivity index (χ0n) is 8.40. The lowest BCUT2D eigenvalue weighted by atomic mass is 10.2. The van der Waals surface area contributed by atoms with Crippen LogP contribution in [-0.4, -0.2) is 19.4 Å². The average Bonchev–Trinajstić information content (AvgIpc) is 2.18. The number of benzene rings is 1. The molecule has 0 saturated carbocycles. The van der Waals surface area contributed by atoms with Crippen molar-refractivity contribution in [1.29, 1.82) is 5.26 Å². The predicted molar refractivity (Wildman–Crippen MR) is 60.0 cm³/mol. The molecule has 0 amide bonds. The topological polar surface area (TPSA) is 44.1 Å². The van der Waals surface area contributed by atoms with Crippen molar-refractivity contribution in [2.45, 2.75) is 6.42 Å². The highest BCUT2D eigenvalue weighted by atomic mass is 35.5. The maximum absolute atomic E-state index is 11.2. The lowest BCUT2D eigenvalue weighted by Crippen LogP contribution is -2.25. The Morgan fingerprint density at radius 1 is 1.47 bits per heavy atom. The molecule has 78 valence electrons. The molecule has 0 radical (unpaired) electrons. The highest BCUT2D eigenvalue weighted by Crippen LogP contribution is 2.16. The number of nitriles is 1. The number of rotatable bonds is 4. The molecular weight excluding hydrogens is 212 g/mol. The lowest BCUT2D eigenvalue weighted by molar-refractivity contribution is -0.116. The second-order valence-electron chi connectivity index (χ2n) is 3.21. The van der Waals surface area contributed by atoms with Crippen molar-refractivity contribution in [3.63, 3.8) is 0 Å². The minimum absolute atomic E-state index is 0.0437. The average molecular weight is 223 g/mol. The number of ketones is 1. The van der Waals surface area contributed by atoms with Crippen molar-refractivity contribution in [3.05, 3.63) is 29.3 Å². The minimum Gasteiger partial charge on any atom is -0.367 e. The molecule has 0 bridgehead atoms. The zero-order valence-corrected chi connectivity index (χ0v) is 9.16. The second-order valence-corrected chi connectivity index (χ2v) is 3.64. The Morgan fingerprint density at radius 3 is 2.60 bits per heavy atom. The number of likely N-dealkylation sites (N-methyl/N-ethyl adjacent to an activating group) is 1. The normalized spacial score (nSPS) is 9.40. The van der Waals surface area contributed by atoms with E-state index in [0.717, 1.165) is 5.69 Å². The van der Waals surface area contributed by atoms with Crippen LogP contribution in [0, 0.1) is 11.3 Å². The summed E-state index contributed by atoms with van der Waals surface area (Å²) in [5.41, 5.74) is 0.908. The SMILES string of the molecule is CN(CC(=O)CC#N)c1ccc(Cl)cc1. The number of carbonyl (C=O) groups is 1. The van der Waals surface area contributed by atoms with Gasteiger partial charge in [0.2, 0.25) is 0 Å². The van der Waals surface area contributed by atoms with Gasteiger partial charge in [0.05, 0.1) is 19.0 Å². The van der Waals surface area contributed by atoms with E-state index < -0.39 is 0 Å². The lowest BCUT2D eigenvalue weighted by Gasteiger charge is -2.17. The quantitative estimate of drug-likeness (QED) is 0.785. The van der Waals surface area contributed by atoms with Crippen LogP contribution in [0.5, 0.6) is 0 Å². The van der Waals surface area contributed by atoms with E-state index in [1.165, 1.54) is 0 Å². The monoisotopic (exact) mass is 222 g/mol. The zero-order chi connectivity index (χ0) is 11.3. The van der Waals surface area contributed by atoms with Crippen molar-refractivity contribution in [1.82, 2.24) is 0 Å². The van der Waals surface area contributed by atoms with Gasteiger partial charge in [-0.25, -0.2) is 0 Å². The van der Waals surface area contributed by atoms with Crippen LogP contribution in [-0.2, 0) is 4.79 Å². The number of anilines is 1. The standard InChI is InChI=1S/C11H11ClN2O/c1-14(8-11(15)6-7-13)10-4-2-9(12)3-5-10/h2-5H,6,8H2,1H3. The first kappa shape index (κ1) is 11.5. The predicted octanol–water partition coefficient (Wildman–Crippen LogP) is 2.26. The number of hydrogen-bond donors (Lipinski definition) is 0. The van der Waals surface area contributed by atoms with E-state index in [4.69, 9.17) is 16.9 Å². The maximum atomic E-state index is 11.2. The van der Waals surface area contributed by atoms with E-state index in [2.05, 4.69) is 0 Å². The third-order valence-corrected chi connectivity index (χ3v) is 2.21. The molecule has 0 fully saturated rings. The molecule has 1 aromatic carbocycles. The molecule has 15 heavy (non-hydrogen) atoms. The molecule has 0 saturated heterocycles. The molecule has 0 aliphatic carbocycles. The number of hydrogen-bond acceptors (Lipinski definition) is 3. The Labute approximate surface area is 93.9 Å². The molecule has 0 spiro atoms. The Kier molecular flexibility index (Phi) is 4.14. The van der Waals surface area contributed by atoms with Crippen molar-refractivity contribution >= 4 is 23.1 Å². The van der Waals surface area contributed by atoms with Crippen LogP contribution in [0.25, 0.3) is 0 Å². The fraction of sp³-hybridized carbons (Fsp3) is 0.273. The summed E-state index contributed by atoms with van der Waals surface area (Å²) in [5, 5.41) is 9.01. The van der Waals surface area contributed by atoms with Gasteiger partial charge in [-0.3, -0.25) is 4.79 Å². The van der Waals surface area contributed by atoms with Crippen LogP contribution in [0.4, 0.5) is 5.69 Å². The summed E-state index contributed by atoms with van der Waals surface area (Å²) in [6.07, 6.45) is -0.0437. The van der Waals surface area contributed by atoms with Gasteiger partial charge in [0.15, 0.2) is 5.78 Å². The molecule has 0 heterocycles. The van der Waals surface area contributed by atoms with Crippen LogP contribution in [0.15, 0.2) is 24.3 Å². The van der Waals surface area contributed by atoms with Crippen LogP contribution in [0.2, 0.25) is 5.02 Å². The van der Waals surface area contributed by atoms with Crippen LogP contribution < -0.4 is 4.90 Å². The summed E-state index contributed by atoms with van der Waals surface area (Å²) in [6, 6.07) is 9.04. The summed E-state index contributed by atoms with van der Waals surface area (Å²) < 4.78 is 0. The van der Waals surface area contributed by atoms with Crippen molar-refractivity contribution in [2.24, 2.45) is 0 Å². The van der Waals surface area contributed by atoms with Gasteiger partial charge in [0, 0.05) is 17.8 Å². The second kappa shape index (κ2) is 5.38. The highest BCUT2D eigenvalue weighted by Gasteiger charge is 2.06. The number of halogens is 1. The van der Waals surface area contributed by atoms with Crippen molar-refractivity contribution < 1.29 is 4.79 Å². The summed E-state index contributed by atoms with van der Waals surface area (Å²) in [7, 11) is 1.80. The first-order chi connectivity index (χ1) is 7.13. The van der Waals surface area contributed by atoms with E-state index in [-0.39, 0.29) is 18.7 Å². The molecule has 0 N–H and O–H groups in total. The molecule has 1 rings (SSSR count). The van der Waals surface area contributed by atoms with Crippen LogP contribution in [0.1, 0.15) is 6.42 Å².